The van der Waals surface area contributed by atoms with Gasteiger partial charge in [0.1, 0.15) is 17.3 Å². The van der Waals surface area contributed by atoms with Crippen molar-refractivity contribution in [1.82, 2.24) is 5.32 Å². The van der Waals surface area contributed by atoms with Gasteiger partial charge in [0.25, 0.3) is 0 Å². The summed E-state index contributed by atoms with van der Waals surface area (Å²) in [5.74, 6) is 1.10. The first kappa shape index (κ1) is 16.0. The molecule has 4 heteroatoms. The third-order valence-corrected chi connectivity index (χ3v) is 3.64. The van der Waals surface area contributed by atoms with Crippen molar-refractivity contribution < 1.29 is 9.13 Å². The fourth-order valence-electron chi connectivity index (χ4n) is 1.93. The SMILES string of the molecule is Cc1ccc(Oc2ccc(F)c(Br)c2)c(CNC(C)C)c1. The third-order valence-electron chi connectivity index (χ3n) is 3.04. The van der Waals surface area contributed by atoms with Gasteiger partial charge in [0.15, 0.2) is 0 Å². The summed E-state index contributed by atoms with van der Waals surface area (Å²) in [5, 5.41) is 3.39. The summed E-state index contributed by atoms with van der Waals surface area (Å²) in [6.45, 7) is 7.00. The summed E-state index contributed by atoms with van der Waals surface area (Å²) >= 11 is 3.17. The molecule has 2 rings (SSSR count). The van der Waals surface area contributed by atoms with E-state index in [0.29, 0.717) is 16.3 Å². The Morgan fingerprint density at radius 1 is 1.19 bits per heavy atom. The molecule has 0 aliphatic carbocycles. The smallest absolute Gasteiger partial charge is 0.137 e. The zero-order valence-corrected chi connectivity index (χ0v) is 14.0. The molecule has 0 spiro atoms. The first-order valence-electron chi connectivity index (χ1n) is 6.91. The number of hydrogen-bond donors (Lipinski definition) is 1. The Kier molecular flexibility index (Phi) is 5.37. The molecule has 0 aromatic heterocycles. The molecule has 0 fully saturated rings. The van der Waals surface area contributed by atoms with Crippen LogP contribution in [0.4, 0.5) is 4.39 Å². The van der Waals surface area contributed by atoms with Crippen molar-refractivity contribution in [2.45, 2.75) is 33.4 Å². The molecule has 0 bridgehead atoms. The zero-order chi connectivity index (χ0) is 15.4. The van der Waals surface area contributed by atoms with Gasteiger partial charge in [0, 0.05) is 18.2 Å². The minimum Gasteiger partial charge on any atom is -0.457 e. The summed E-state index contributed by atoms with van der Waals surface area (Å²) in [5.41, 5.74) is 2.27. The lowest BCUT2D eigenvalue weighted by atomic mass is 10.1. The van der Waals surface area contributed by atoms with E-state index < -0.39 is 0 Å². The van der Waals surface area contributed by atoms with E-state index in [-0.39, 0.29) is 5.82 Å². The Hall–Kier alpha value is -1.39. The van der Waals surface area contributed by atoms with Crippen LogP contribution in [0.15, 0.2) is 40.9 Å². The van der Waals surface area contributed by atoms with E-state index in [9.17, 15) is 4.39 Å². The van der Waals surface area contributed by atoms with Crippen LogP contribution in [0, 0.1) is 12.7 Å². The monoisotopic (exact) mass is 351 g/mol. The van der Waals surface area contributed by atoms with E-state index in [0.717, 1.165) is 17.9 Å². The minimum atomic E-state index is -0.298. The van der Waals surface area contributed by atoms with E-state index in [1.165, 1.54) is 11.6 Å². The van der Waals surface area contributed by atoms with Crippen molar-refractivity contribution in [3.8, 4) is 11.5 Å². The van der Waals surface area contributed by atoms with Crippen LogP contribution in [0.1, 0.15) is 25.0 Å². The predicted octanol–water partition coefficient (Wildman–Crippen LogP) is 5.19. The number of rotatable bonds is 5. The predicted molar refractivity (Wildman–Crippen MR) is 87.3 cm³/mol. The molecule has 112 valence electrons. The lowest BCUT2D eigenvalue weighted by molar-refractivity contribution is 0.467. The van der Waals surface area contributed by atoms with Gasteiger partial charge >= 0.3 is 0 Å². The Bertz CT molecular complexity index is 628. The summed E-state index contributed by atoms with van der Waals surface area (Å²) in [7, 11) is 0. The van der Waals surface area contributed by atoms with Crippen LogP contribution < -0.4 is 10.1 Å². The van der Waals surface area contributed by atoms with Crippen molar-refractivity contribution in [1.29, 1.82) is 0 Å². The normalized spacial score (nSPS) is 11.0. The van der Waals surface area contributed by atoms with Gasteiger partial charge in [-0.1, -0.05) is 31.5 Å². The highest BCUT2D eigenvalue weighted by molar-refractivity contribution is 9.10. The van der Waals surface area contributed by atoms with Gasteiger partial charge in [-0.2, -0.15) is 0 Å². The molecule has 2 aromatic carbocycles. The van der Waals surface area contributed by atoms with E-state index in [1.54, 1.807) is 12.1 Å². The van der Waals surface area contributed by atoms with Gasteiger partial charge in [-0.3, -0.25) is 0 Å². The van der Waals surface area contributed by atoms with Crippen molar-refractivity contribution in [3.05, 3.63) is 57.8 Å². The Labute approximate surface area is 133 Å². The molecule has 21 heavy (non-hydrogen) atoms. The van der Waals surface area contributed by atoms with E-state index in [2.05, 4.69) is 48.1 Å². The number of aryl methyl sites for hydroxylation is 1. The molecule has 0 amide bonds. The van der Waals surface area contributed by atoms with Crippen molar-refractivity contribution >= 4 is 15.9 Å². The second-order valence-corrected chi connectivity index (χ2v) is 6.18. The molecular formula is C17H19BrFNO. The number of benzene rings is 2. The molecule has 0 aliphatic rings. The molecule has 0 radical (unpaired) electrons. The summed E-state index contributed by atoms with van der Waals surface area (Å²) in [6.07, 6.45) is 0. The van der Waals surface area contributed by atoms with Crippen LogP contribution in [0.25, 0.3) is 0 Å². The highest BCUT2D eigenvalue weighted by Gasteiger charge is 2.08. The van der Waals surface area contributed by atoms with Crippen LogP contribution in [0.3, 0.4) is 0 Å². The van der Waals surface area contributed by atoms with Gasteiger partial charge < -0.3 is 10.1 Å². The summed E-state index contributed by atoms with van der Waals surface area (Å²) in [4.78, 5) is 0. The van der Waals surface area contributed by atoms with E-state index in [4.69, 9.17) is 4.74 Å². The number of nitrogens with one attached hydrogen (secondary N) is 1. The van der Waals surface area contributed by atoms with Gasteiger partial charge in [0.05, 0.1) is 4.47 Å². The van der Waals surface area contributed by atoms with Crippen molar-refractivity contribution in [2.75, 3.05) is 0 Å². The van der Waals surface area contributed by atoms with Gasteiger partial charge in [-0.25, -0.2) is 4.39 Å². The highest BCUT2D eigenvalue weighted by atomic mass is 79.9. The third kappa shape index (κ3) is 4.55. The van der Waals surface area contributed by atoms with Crippen molar-refractivity contribution in [3.63, 3.8) is 0 Å². The van der Waals surface area contributed by atoms with Gasteiger partial charge in [0.2, 0.25) is 0 Å². The van der Waals surface area contributed by atoms with Crippen LogP contribution in [-0.4, -0.2) is 6.04 Å². The first-order valence-corrected chi connectivity index (χ1v) is 7.71. The Morgan fingerprint density at radius 3 is 2.62 bits per heavy atom. The quantitative estimate of drug-likeness (QED) is 0.800. The molecule has 1 N–H and O–H groups in total. The maximum absolute atomic E-state index is 13.3. The second-order valence-electron chi connectivity index (χ2n) is 5.32. The molecule has 2 aromatic rings. The molecule has 0 saturated carbocycles. The fraction of sp³-hybridized carbons (Fsp3) is 0.294. The Balaban J connectivity index is 2.23. The van der Waals surface area contributed by atoms with Crippen LogP contribution >= 0.6 is 15.9 Å². The van der Waals surface area contributed by atoms with Crippen LogP contribution in [0.2, 0.25) is 0 Å². The van der Waals surface area contributed by atoms with E-state index in [1.807, 2.05) is 12.1 Å². The zero-order valence-electron chi connectivity index (χ0n) is 12.4. The maximum Gasteiger partial charge on any atom is 0.137 e. The van der Waals surface area contributed by atoms with Crippen LogP contribution in [0.5, 0.6) is 11.5 Å². The molecule has 0 aliphatic heterocycles. The summed E-state index contributed by atoms with van der Waals surface area (Å²) < 4.78 is 19.6. The minimum absolute atomic E-state index is 0.298. The topological polar surface area (TPSA) is 21.3 Å². The second kappa shape index (κ2) is 7.05. The Morgan fingerprint density at radius 2 is 1.95 bits per heavy atom. The number of halogens is 2. The average Bonchev–Trinajstić information content (AvgIpc) is 2.43. The lowest BCUT2D eigenvalue weighted by Crippen LogP contribution is -2.22. The molecule has 0 saturated heterocycles. The number of hydrogen-bond acceptors (Lipinski definition) is 2. The maximum atomic E-state index is 13.3. The fourth-order valence-corrected chi connectivity index (χ4v) is 2.29. The van der Waals surface area contributed by atoms with Crippen molar-refractivity contribution in [2.24, 2.45) is 0 Å². The average molecular weight is 352 g/mol. The molecule has 0 atom stereocenters. The molecular weight excluding hydrogens is 333 g/mol. The summed E-state index contributed by atoms with van der Waals surface area (Å²) in [6, 6.07) is 11.1. The van der Waals surface area contributed by atoms with Gasteiger partial charge in [-0.05, 0) is 47.1 Å². The standard InChI is InChI=1S/C17H19BrFNO/c1-11(2)20-10-13-8-12(3)4-7-17(13)21-14-5-6-16(19)15(18)9-14/h4-9,11,20H,10H2,1-3H3. The van der Waals surface area contributed by atoms with E-state index >= 15 is 0 Å². The lowest BCUT2D eigenvalue weighted by Gasteiger charge is -2.14. The first-order chi connectivity index (χ1) is 9.95. The number of ether oxygens (including phenoxy) is 1. The highest BCUT2D eigenvalue weighted by Crippen LogP contribution is 2.29. The molecule has 0 unspecified atom stereocenters. The van der Waals surface area contributed by atoms with Gasteiger partial charge in [-0.15, -0.1) is 0 Å². The van der Waals surface area contributed by atoms with Crippen LogP contribution in [-0.2, 0) is 6.54 Å². The molecule has 2 nitrogen and oxygen atoms in total. The molecule has 0 heterocycles. The largest absolute Gasteiger partial charge is 0.457 e.